The normalized spacial score (nSPS) is 14.5. The van der Waals surface area contributed by atoms with Gasteiger partial charge in [0.1, 0.15) is 11.6 Å². The molecule has 0 bridgehead atoms. The monoisotopic (exact) mass is 319 g/mol. The number of aromatic nitrogens is 2. The summed E-state index contributed by atoms with van der Waals surface area (Å²) in [5.41, 5.74) is 4.61. The summed E-state index contributed by atoms with van der Waals surface area (Å²) in [5, 5.41) is 10.00. The van der Waals surface area contributed by atoms with Crippen molar-refractivity contribution in [2.75, 3.05) is 6.54 Å². The summed E-state index contributed by atoms with van der Waals surface area (Å²) in [6.07, 6.45) is 0.948. The van der Waals surface area contributed by atoms with Gasteiger partial charge >= 0.3 is 0 Å². The molecule has 0 atom stereocenters. The van der Waals surface area contributed by atoms with Gasteiger partial charge in [0.05, 0.1) is 11.4 Å². The van der Waals surface area contributed by atoms with Crippen LogP contribution in [0.1, 0.15) is 17.0 Å². The van der Waals surface area contributed by atoms with Crippen LogP contribution in [-0.4, -0.2) is 26.1 Å². The van der Waals surface area contributed by atoms with Gasteiger partial charge in [0.2, 0.25) is 0 Å². The minimum Gasteiger partial charge on any atom is -0.508 e. The van der Waals surface area contributed by atoms with E-state index in [-0.39, 0.29) is 0 Å². The van der Waals surface area contributed by atoms with Crippen molar-refractivity contribution in [1.29, 1.82) is 0 Å². The van der Waals surface area contributed by atoms with Gasteiger partial charge < -0.3 is 9.67 Å². The van der Waals surface area contributed by atoms with Crippen LogP contribution < -0.4 is 0 Å². The second-order valence-corrected chi connectivity index (χ2v) is 6.34. The SMILES string of the molecule is Cn1c(-c2ccccc2)nc2c1CN(Cc1ccccc1O)CC2. The maximum absolute atomic E-state index is 10.00. The summed E-state index contributed by atoms with van der Waals surface area (Å²) >= 11 is 0. The number of fused-ring (bicyclic) bond motifs is 1. The average Bonchev–Trinajstić information content (AvgIpc) is 2.94. The van der Waals surface area contributed by atoms with Crippen LogP contribution in [0.5, 0.6) is 5.75 Å². The molecule has 0 unspecified atom stereocenters. The average molecular weight is 319 g/mol. The Hall–Kier alpha value is -2.59. The van der Waals surface area contributed by atoms with Crippen LogP contribution in [0.3, 0.4) is 0 Å². The Morgan fingerprint density at radius 3 is 2.58 bits per heavy atom. The highest BCUT2D eigenvalue weighted by Crippen LogP contribution is 2.27. The molecule has 2 aromatic carbocycles. The molecule has 4 heteroatoms. The van der Waals surface area contributed by atoms with E-state index in [1.807, 2.05) is 36.4 Å². The van der Waals surface area contributed by atoms with Crippen molar-refractivity contribution in [2.24, 2.45) is 7.05 Å². The van der Waals surface area contributed by atoms with Gasteiger partial charge in [-0.05, 0) is 6.07 Å². The Labute approximate surface area is 142 Å². The van der Waals surface area contributed by atoms with E-state index >= 15 is 0 Å². The van der Waals surface area contributed by atoms with Crippen LogP contribution in [-0.2, 0) is 26.6 Å². The quantitative estimate of drug-likeness (QED) is 0.805. The number of phenolic OH excluding ortho intramolecular Hbond substituents is 1. The summed E-state index contributed by atoms with van der Waals surface area (Å²) in [6, 6.07) is 17.9. The van der Waals surface area contributed by atoms with Crippen molar-refractivity contribution in [3.8, 4) is 17.1 Å². The first-order valence-corrected chi connectivity index (χ1v) is 8.31. The molecule has 0 saturated heterocycles. The molecule has 1 aliphatic heterocycles. The topological polar surface area (TPSA) is 41.3 Å². The van der Waals surface area contributed by atoms with Crippen molar-refractivity contribution < 1.29 is 5.11 Å². The van der Waals surface area contributed by atoms with E-state index in [0.29, 0.717) is 5.75 Å². The number of benzene rings is 2. The number of nitrogens with zero attached hydrogens (tertiary/aromatic N) is 3. The molecule has 122 valence electrons. The van der Waals surface area contributed by atoms with Crippen molar-refractivity contribution in [3.63, 3.8) is 0 Å². The van der Waals surface area contributed by atoms with Crippen LogP contribution in [0.25, 0.3) is 11.4 Å². The second-order valence-electron chi connectivity index (χ2n) is 6.34. The van der Waals surface area contributed by atoms with Gasteiger partial charge in [-0.2, -0.15) is 0 Å². The van der Waals surface area contributed by atoms with E-state index in [0.717, 1.165) is 43.0 Å². The highest BCUT2D eigenvalue weighted by atomic mass is 16.3. The number of phenols is 1. The van der Waals surface area contributed by atoms with Crippen molar-refractivity contribution >= 4 is 0 Å². The minimum atomic E-state index is 0.373. The third kappa shape index (κ3) is 2.69. The summed E-state index contributed by atoms with van der Waals surface area (Å²) in [4.78, 5) is 7.24. The highest BCUT2D eigenvalue weighted by molar-refractivity contribution is 5.57. The van der Waals surface area contributed by atoms with Crippen LogP contribution in [0.2, 0.25) is 0 Å². The van der Waals surface area contributed by atoms with Crippen LogP contribution in [0.15, 0.2) is 54.6 Å². The van der Waals surface area contributed by atoms with Crippen molar-refractivity contribution in [1.82, 2.24) is 14.5 Å². The van der Waals surface area contributed by atoms with Gasteiger partial charge in [0, 0.05) is 44.2 Å². The highest BCUT2D eigenvalue weighted by Gasteiger charge is 2.23. The first-order chi connectivity index (χ1) is 11.7. The summed E-state index contributed by atoms with van der Waals surface area (Å²) < 4.78 is 2.21. The van der Waals surface area contributed by atoms with E-state index in [2.05, 4.69) is 28.6 Å². The number of imidazole rings is 1. The second kappa shape index (κ2) is 6.13. The maximum atomic E-state index is 10.00. The zero-order chi connectivity index (χ0) is 16.5. The van der Waals surface area contributed by atoms with Crippen molar-refractivity contribution in [3.05, 3.63) is 71.5 Å². The first kappa shape index (κ1) is 15.0. The van der Waals surface area contributed by atoms with Gasteiger partial charge in [0.15, 0.2) is 0 Å². The van der Waals surface area contributed by atoms with E-state index in [1.165, 1.54) is 11.4 Å². The molecular formula is C20H21N3O. The molecular weight excluding hydrogens is 298 g/mol. The molecule has 3 aromatic rings. The van der Waals surface area contributed by atoms with E-state index in [9.17, 15) is 5.11 Å². The van der Waals surface area contributed by atoms with Gasteiger partial charge in [0.25, 0.3) is 0 Å². The van der Waals surface area contributed by atoms with Gasteiger partial charge in [-0.15, -0.1) is 0 Å². The molecule has 1 aromatic heterocycles. The van der Waals surface area contributed by atoms with Gasteiger partial charge in [-0.1, -0.05) is 48.5 Å². The van der Waals surface area contributed by atoms with E-state index in [4.69, 9.17) is 4.98 Å². The van der Waals surface area contributed by atoms with E-state index in [1.54, 1.807) is 6.07 Å². The lowest BCUT2D eigenvalue weighted by atomic mass is 10.1. The van der Waals surface area contributed by atoms with Crippen molar-refractivity contribution in [2.45, 2.75) is 19.5 Å². The molecule has 0 fully saturated rings. The molecule has 0 amide bonds. The minimum absolute atomic E-state index is 0.373. The summed E-state index contributed by atoms with van der Waals surface area (Å²) in [6.45, 7) is 2.59. The number of hydrogen-bond acceptors (Lipinski definition) is 3. The Morgan fingerprint density at radius 2 is 1.79 bits per heavy atom. The number of rotatable bonds is 3. The number of para-hydroxylation sites is 1. The molecule has 0 saturated carbocycles. The molecule has 24 heavy (non-hydrogen) atoms. The third-order valence-corrected chi connectivity index (χ3v) is 4.75. The fourth-order valence-corrected chi connectivity index (χ4v) is 3.41. The fraction of sp³-hybridized carbons (Fsp3) is 0.250. The predicted molar refractivity (Wildman–Crippen MR) is 94.6 cm³/mol. The van der Waals surface area contributed by atoms with Crippen LogP contribution in [0.4, 0.5) is 0 Å². The maximum Gasteiger partial charge on any atom is 0.140 e. The smallest absolute Gasteiger partial charge is 0.140 e. The summed E-state index contributed by atoms with van der Waals surface area (Å²) in [7, 11) is 2.09. The lowest BCUT2D eigenvalue weighted by Crippen LogP contribution is -2.31. The Balaban J connectivity index is 1.59. The van der Waals surface area contributed by atoms with Crippen LogP contribution >= 0.6 is 0 Å². The standard InChI is InChI=1S/C20H21N3O/c1-22-18-14-23(13-16-9-5-6-10-19(16)24)12-11-17(18)21-20(22)15-7-3-2-4-8-15/h2-10,24H,11-14H2,1H3. The lowest BCUT2D eigenvalue weighted by Gasteiger charge is -2.27. The predicted octanol–water partition coefficient (Wildman–Crippen LogP) is 3.35. The Bertz CT molecular complexity index is 855. The Kier molecular flexibility index (Phi) is 3.82. The third-order valence-electron chi connectivity index (χ3n) is 4.75. The molecule has 1 aliphatic rings. The first-order valence-electron chi connectivity index (χ1n) is 8.31. The van der Waals surface area contributed by atoms with E-state index < -0.39 is 0 Å². The fourth-order valence-electron chi connectivity index (χ4n) is 3.41. The zero-order valence-electron chi connectivity index (χ0n) is 13.8. The molecule has 0 aliphatic carbocycles. The molecule has 1 N–H and O–H groups in total. The molecule has 4 rings (SSSR count). The zero-order valence-corrected chi connectivity index (χ0v) is 13.8. The summed E-state index contributed by atoms with van der Waals surface area (Å²) in [5.74, 6) is 1.41. The lowest BCUT2D eigenvalue weighted by molar-refractivity contribution is 0.235. The van der Waals surface area contributed by atoms with Crippen LogP contribution in [0, 0.1) is 0 Å². The number of aromatic hydroxyl groups is 1. The molecule has 0 radical (unpaired) electrons. The Morgan fingerprint density at radius 1 is 1.04 bits per heavy atom. The van der Waals surface area contributed by atoms with Gasteiger partial charge in [-0.25, -0.2) is 4.98 Å². The van der Waals surface area contributed by atoms with Gasteiger partial charge in [-0.3, -0.25) is 4.90 Å². The molecule has 0 spiro atoms. The number of hydrogen-bond donors (Lipinski definition) is 1. The molecule has 2 heterocycles. The largest absolute Gasteiger partial charge is 0.508 e. The molecule has 4 nitrogen and oxygen atoms in total.